The third kappa shape index (κ3) is 8.23. The summed E-state index contributed by atoms with van der Waals surface area (Å²) in [4.78, 5) is -0.712. The van der Waals surface area contributed by atoms with Crippen LogP contribution in [0.5, 0.6) is 17.2 Å². The second-order valence-corrected chi connectivity index (χ2v) is 12.1. The topological polar surface area (TPSA) is 158 Å². The SMILES string of the molecule is COc1ccc(Cc2ccc(Oc3ccc(S(=O)(=O)c4ccc(C)c(S(=O)(=O)O)c4)cc3)cc2)cc1.O=S(=O)=O. The molecule has 0 unspecified atom stereocenters. The molecule has 0 heterocycles. The zero-order valence-corrected chi connectivity index (χ0v) is 23.7. The Kier molecular flexibility index (Phi) is 9.82. The van der Waals surface area contributed by atoms with Crippen LogP contribution in [-0.2, 0) is 37.0 Å². The fourth-order valence-corrected chi connectivity index (χ4v) is 5.75. The van der Waals surface area contributed by atoms with Crippen molar-refractivity contribution in [1.82, 2.24) is 0 Å². The predicted molar refractivity (Wildman–Crippen MR) is 145 cm³/mol. The fourth-order valence-electron chi connectivity index (χ4n) is 3.64. The van der Waals surface area contributed by atoms with E-state index in [-0.39, 0.29) is 15.4 Å². The summed E-state index contributed by atoms with van der Waals surface area (Å²) < 4.78 is 94.8. The van der Waals surface area contributed by atoms with Crippen molar-refractivity contribution in [2.24, 2.45) is 0 Å². The highest BCUT2D eigenvalue weighted by Crippen LogP contribution is 2.28. The molecule has 0 saturated carbocycles. The Labute approximate surface area is 233 Å². The molecule has 210 valence electrons. The number of hydrogen-bond acceptors (Lipinski definition) is 9. The van der Waals surface area contributed by atoms with Crippen molar-refractivity contribution in [2.75, 3.05) is 7.11 Å². The molecule has 4 rings (SSSR count). The second kappa shape index (κ2) is 12.9. The Morgan fingerprint density at radius 1 is 0.675 bits per heavy atom. The van der Waals surface area contributed by atoms with Crippen molar-refractivity contribution >= 4 is 30.6 Å². The lowest BCUT2D eigenvalue weighted by Gasteiger charge is -2.10. The Morgan fingerprint density at radius 2 is 1.10 bits per heavy atom. The number of rotatable bonds is 8. The van der Waals surface area contributed by atoms with Gasteiger partial charge in [-0.3, -0.25) is 4.55 Å². The van der Waals surface area contributed by atoms with Crippen molar-refractivity contribution < 1.29 is 43.5 Å². The minimum Gasteiger partial charge on any atom is -0.497 e. The number of ether oxygens (including phenoxy) is 2. The van der Waals surface area contributed by atoms with Crippen molar-refractivity contribution in [3.63, 3.8) is 0 Å². The number of hydrogen-bond donors (Lipinski definition) is 1. The standard InChI is InChI=1S/C27H24O7S2.O3S/c1-19-3-14-26(18-27(19)36(30,31)32)35(28,29)25-15-12-24(13-16-25)34-23-10-6-21(7-11-23)17-20-4-8-22(33-2)9-5-20;1-4(2)3/h3-16,18H,17H2,1-2H3,(H,30,31,32);. The summed E-state index contributed by atoms with van der Waals surface area (Å²) in [5, 5.41) is 0. The number of methoxy groups -OCH3 is 1. The van der Waals surface area contributed by atoms with Gasteiger partial charge in [-0.2, -0.15) is 8.42 Å². The van der Waals surface area contributed by atoms with Crippen molar-refractivity contribution in [1.29, 1.82) is 0 Å². The van der Waals surface area contributed by atoms with Crippen LogP contribution in [0, 0.1) is 6.92 Å². The minimum absolute atomic E-state index is 0.0326. The summed E-state index contributed by atoms with van der Waals surface area (Å²) in [5.74, 6) is 1.85. The number of benzene rings is 4. The zero-order valence-electron chi connectivity index (χ0n) is 21.2. The maximum absolute atomic E-state index is 13.0. The maximum atomic E-state index is 13.0. The molecule has 4 aromatic rings. The highest BCUT2D eigenvalue weighted by atomic mass is 32.2. The summed E-state index contributed by atoms with van der Waals surface area (Å²) in [6, 6.07) is 24.9. The van der Waals surface area contributed by atoms with Gasteiger partial charge < -0.3 is 9.47 Å². The van der Waals surface area contributed by atoms with Crippen LogP contribution in [0.2, 0.25) is 0 Å². The third-order valence-corrected chi connectivity index (χ3v) is 8.37. The number of aryl methyl sites for hydroxylation is 1. The third-order valence-electron chi connectivity index (χ3n) is 5.61. The van der Waals surface area contributed by atoms with Gasteiger partial charge in [0.25, 0.3) is 10.1 Å². The highest BCUT2D eigenvalue weighted by molar-refractivity contribution is 7.91. The molecular formula is C27H24O10S3. The lowest BCUT2D eigenvalue weighted by Crippen LogP contribution is -2.06. The lowest BCUT2D eigenvalue weighted by molar-refractivity contribution is 0.414. The van der Waals surface area contributed by atoms with Gasteiger partial charge >= 0.3 is 10.6 Å². The summed E-state index contributed by atoms with van der Waals surface area (Å²) in [7, 11) is -10.0. The van der Waals surface area contributed by atoms with Gasteiger partial charge in [-0.1, -0.05) is 30.3 Å². The van der Waals surface area contributed by atoms with E-state index < -0.39 is 35.5 Å². The smallest absolute Gasteiger partial charge is 0.425 e. The first-order chi connectivity index (χ1) is 18.8. The molecule has 40 heavy (non-hydrogen) atoms. The molecule has 0 aliphatic carbocycles. The molecule has 4 aromatic carbocycles. The Balaban J connectivity index is 0.00000103. The van der Waals surface area contributed by atoms with E-state index in [9.17, 15) is 21.4 Å². The molecule has 0 aliphatic heterocycles. The lowest BCUT2D eigenvalue weighted by atomic mass is 10.0. The molecule has 0 amide bonds. The summed E-state index contributed by atoms with van der Waals surface area (Å²) in [6.07, 6.45) is 0.759. The van der Waals surface area contributed by atoms with E-state index in [0.717, 1.165) is 29.4 Å². The normalized spacial score (nSPS) is 11.2. The van der Waals surface area contributed by atoms with Crippen LogP contribution in [0.4, 0.5) is 0 Å². The van der Waals surface area contributed by atoms with Gasteiger partial charge in [0.15, 0.2) is 0 Å². The molecule has 0 bridgehead atoms. The first-order valence-electron chi connectivity index (χ1n) is 11.4. The van der Waals surface area contributed by atoms with E-state index >= 15 is 0 Å². The molecule has 0 atom stereocenters. The second-order valence-electron chi connectivity index (χ2n) is 8.35. The Hall–Kier alpha value is -4.04. The van der Waals surface area contributed by atoms with Gasteiger partial charge in [0.1, 0.15) is 17.2 Å². The van der Waals surface area contributed by atoms with Gasteiger partial charge in [-0.15, -0.1) is 12.6 Å². The Bertz CT molecular complexity index is 1790. The van der Waals surface area contributed by atoms with Gasteiger partial charge in [0.2, 0.25) is 9.84 Å². The van der Waals surface area contributed by atoms with Crippen LogP contribution in [0.15, 0.2) is 106 Å². The Morgan fingerprint density at radius 3 is 1.55 bits per heavy atom. The van der Waals surface area contributed by atoms with E-state index in [2.05, 4.69) is 0 Å². The molecule has 0 aliphatic rings. The van der Waals surface area contributed by atoms with E-state index in [1.54, 1.807) is 7.11 Å². The summed E-state index contributed by atoms with van der Waals surface area (Å²) in [6.45, 7) is 1.47. The van der Waals surface area contributed by atoms with Crippen LogP contribution in [0.3, 0.4) is 0 Å². The van der Waals surface area contributed by atoms with Gasteiger partial charge in [-0.05, 0) is 90.7 Å². The molecule has 13 heteroatoms. The van der Waals surface area contributed by atoms with E-state index in [1.165, 1.54) is 43.3 Å². The highest BCUT2D eigenvalue weighted by Gasteiger charge is 2.22. The average molecular weight is 605 g/mol. The van der Waals surface area contributed by atoms with E-state index in [0.29, 0.717) is 11.5 Å². The zero-order chi connectivity index (χ0) is 29.5. The molecule has 0 saturated heterocycles. The average Bonchev–Trinajstić information content (AvgIpc) is 2.90. The van der Waals surface area contributed by atoms with E-state index in [1.807, 2.05) is 48.5 Å². The largest absolute Gasteiger partial charge is 0.497 e. The molecule has 0 fully saturated rings. The minimum atomic E-state index is -4.55. The number of sulfone groups is 1. The quantitative estimate of drug-likeness (QED) is 0.285. The summed E-state index contributed by atoms with van der Waals surface area (Å²) in [5.41, 5.74) is 2.50. The fraction of sp³-hybridized carbons (Fsp3) is 0.111. The van der Waals surface area contributed by atoms with Gasteiger partial charge in [0, 0.05) is 0 Å². The molecule has 0 spiro atoms. The molecule has 10 nitrogen and oxygen atoms in total. The van der Waals surface area contributed by atoms with Crippen LogP contribution in [0.1, 0.15) is 16.7 Å². The van der Waals surface area contributed by atoms with Crippen molar-refractivity contribution in [2.45, 2.75) is 28.0 Å². The molecule has 0 aromatic heterocycles. The van der Waals surface area contributed by atoms with Crippen LogP contribution in [-0.4, -0.2) is 41.1 Å². The first-order valence-corrected chi connectivity index (χ1v) is 15.3. The summed E-state index contributed by atoms with van der Waals surface area (Å²) >= 11 is 0. The van der Waals surface area contributed by atoms with Crippen molar-refractivity contribution in [3.05, 3.63) is 108 Å². The monoisotopic (exact) mass is 604 g/mol. The van der Waals surface area contributed by atoms with Gasteiger partial charge in [-0.25, -0.2) is 8.42 Å². The van der Waals surface area contributed by atoms with Crippen molar-refractivity contribution in [3.8, 4) is 17.2 Å². The molecule has 1 N–H and O–H groups in total. The first kappa shape index (κ1) is 30.5. The van der Waals surface area contributed by atoms with Gasteiger partial charge in [0.05, 0.1) is 21.8 Å². The van der Waals surface area contributed by atoms with Crippen LogP contribution >= 0.6 is 0 Å². The molecule has 0 radical (unpaired) electrons. The van der Waals surface area contributed by atoms with Crippen LogP contribution in [0.25, 0.3) is 0 Å². The molecular weight excluding hydrogens is 580 g/mol. The predicted octanol–water partition coefficient (Wildman–Crippen LogP) is 4.46. The maximum Gasteiger partial charge on any atom is 0.425 e. The van der Waals surface area contributed by atoms with E-state index in [4.69, 9.17) is 22.1 Å². The van der Waals surface area contributed by atoms with Crippen LogP contribution < -0.4 is 9.47 Å².